The van der Waals surface area contributed by atoms with Gasteiger partial charge in [0, 0.05) is 10.6 Å². The summed E-state index contributed by atoms with van der Waals surface area (Å²) in [5.41, 5.74) is 0.853. The Kier molecular flexibility index (Phi) is 5.32. The molecule has 0 spiro atoms. The highest BCUT2D eigenvalue weighted by molar-refractivity contribution is 7.99. The summed E-state index contributed by atoms with van der Waals surface area (Å²) in [6.07, 6.45) is -0.542. The maximum Gasteiger partial charge on any atom is 0.132 e. The van der Waals surface area contributed by atoms with E-state index >= 15 is 0 Å². The van der Waals surface area contributed by atoms with E-state index in [-0.39, 0.29) is 0 Å². The summed E-state index contributed by atoms with van der Waals surface area (Å²) in [5.74, 6) is 2.15. The molecule has 0 aliphatic carbocycles. The van der Waals surface area contributed by atoms with Crippen LogP contribution in [0.5, 0.6) is 11.5 Å². The zero-order valence-corrected chi connectivity index (χ0v) is 12.4. The fraction of sp³-hybridized carbons (Fsp3) is 0.250. The largest absolute Gasteiger partial charge is 0.497 e. The van der Waals surface area contributed by atoms with Gasteiger partial charge in [-0.1, -0.05) is 24.3 Å². The topological polar surface area (TPSA) is 38.7 Å². The highest BCUT2D eigenvalue weighted by Gasteiger charge is 2.11. The monoisotopic (exact) mass is 290 g/mol. The average Bonchev–Trinajstić information content (AvgIpc) is 2.52. The van der Waals surface area contributed by atoms with Gasteiger partial charge in [-0.25, -0.2) is 0 Å². The maximum absolute atomic E-state index is 10.2. The molecule has 0 saturated heterocycles. The van der Waals surface area contributed by atoms with Crippen molar-refractivity contribution in [2.24, 2.45) is 0 Å². The average molecular weight is 290 g/mol. The predicted molar refractivity (Wildman–Crippen MR) is 81.7 cm³/mol. The van der Waals surface area contributed by atoms with Gasteiger partial charge in [0.05, 0.1) is 20.3 Å². The van der Waals surface area contributed by atoms with Crippen LogP contribution in [0.15, 0.2) is 53.4 Å². The molecule has 0 aliphatic rings. The van der Waals surface area contributed by atoms with Crippen LogP contribution in [0.4, 0.5) is 0 Å². The molecule has 106 valence electrons. The number of para-hydroxylation sites is 1. The lowest BCUT2D eigenvalue weighted by atomic mass is 10.1. The van der Waals surface area contributed by atoms with E-state index in [0.29, 0.717) is 5.75 Å². The number of thioether (sulfide) groups is 1. The van der Waals surface area contributed by atoms with E-state index in [0.717, 1.165) is 22.0 Å². The summed E-state index contributed by atoms with van der Waals surface area (Å²) in [6, 6.07) is 15.3. The number of hydrogen-bond acceptors (Lipinski definition) is 4. The van der Waals surface area contributed by atoms with Crippen molar-refractivity contribution < 1.29 is 14.6 Å². The van der Waals surface area contributed by atoms with Crippen molar-refractivity contribution >= 4 is 11.8 Å². The van der Waals surface area contributed by atoms with Crippen LogP contribution < -0.4 is 9.47 Å². The first kappa shape index (κ1) is 14.8. The van der Waals surface area contributed by atoms with Crippen molar-refractivity contribution in [1.82, 2.24) is 0 Å². The molecule has 0 heterocycles. The number of hydrogen-bond donors (Lipinski definition) is 1. The lowest BCUT2D eigenvalue weighted by molar-refractivity contribution is 0.203. The summed E-state index contributed by atoms with van der Waals surface area (Å²) in [4.78, 5) is 1.02. The zero-order chi connectivity index (χ0) is 14.4. The molecule has 2 aromatic rings. The van der Waals surface area contributed by atoms with Crippen molar-refractivity contribution in [3.05, 3.63) is 54.1 Å². The Morgan fingerprint density at radius 1 is 1.05 bits per heavy atom. The molecule has 4 heteroatoms. The Bertz CT molecular complexity index is 557. The SMILES string of the molecule is COc1cccc(C(O)CSc2ccccc2OC)c1. The lowest BCUT2D eigenvalue weighted by Gasteiger charge is -2.13. The molecule has 0 bridgehead atoms. The molecule has 0 amide bonds. The van der Waals surface area contributed by atoms with Crippen LogP contribution in [0, 0.1) is 0 Å². The fourth-order valence-corrected chi connectivity index (χ4v) is 2.85. The Morgan fingerprint density at radius 3 is 2.60 bits per heavy atom. The van der Waals surface area contributed by atoms with E-state index in [1.807, 2.05) is 48.5 Å². The van der Waals surface area contributed by atoms with Gasteiger partial charge in [-0.3, -0.25) is 0 Å². The molecule has 0 aliphatic heterocycles. The molecule has 3 nitrogen and oxygen atoms in total. The van der Waals surface area contributed by atoms with Crippen LogP contribution in [-0.2, 0) is 0 Å². The van der Waals surface area contributed by atoms with Gasteiger partial charge in [0.25, 0.3) is 0 Å². The van der Waals surface area contributed by atoms with Gasteiger partial charge >= 0.3 is 0 Å². The predicted octanol–water partition coefficient (Wildman–Crippen LogP) is 3.53. The maximum atomic E-state index is 10.2. The Morgan fingerprint density at radius 2 is 1.85 bits per heavy atom. The van der Waals surface area contributed by atoms with E-state index in [1.54, 1.807) is 26.0 Å². The third kappa shape index (κ3) is 3.68. The molecular formula is C16H18O3S. The minimum absolute atomic E-state index is 0.542. The second-order valence-corrected chi connectivity index (χ2v) is 5.32. The second kappa shape index (κ2) is 7.22. The molecule has 1 atom stereocenters. The molecule has 20 heavy (non-hydrogen) atoms. The number of rotatable bonds is 6. The summed E-state index contributed by atoms with van der Waals surface area (Å²) < 4.78 is 10.5. The zero-order valence-electron chi connectivity index (χ0n) is 11.6. The molecule has 2 rings (SSSR count). The summed E-state index contributed by atoms with van der Waals surface area (Å²) in [6.45, 7) is 0. The minimum Gasteiger partial charge on any atom is -0.497 e. The lowest BCUT2D eigenvalue weighted by Crippen LogP contribution is -2.01. The van der Waals surface area contributed by atoms with E-state index < -0.39 is 6.10 Å². The molecular weight excluding hydrogens is 272 g/mol. The quantitative estimate of drug-likeness (QED) is 0.826. The van der Waals surface area contributed by atoms with Gasteiger partial charge in [0.2, 0.25) is 0 Å². The molecule has 0 radical (unpaired) electrons. The van der Waals surface area contributed by atoms with Crippen molar-refractivity contribution in [2.45, 2.75) is 11.0 Å². The third-order valence-corrected chi connectivity index (χ3v) is 4.08. The van der Waals surface area contributed by atoms with Crippen LogP contribution in [0.2, 0.25) is 0 Å². The number of aliphatic hydroxyl groups is 1. The van der Waals surface area contributed by atoms with Crippen LogP contribution >= 0.6 is 11.8 Å². The number of benzene rings is 2. The number of aliphatic hydroxyl groups excluding tert-OH is 1. The van der Waals surface area contributed by atoms with E-state index in [9.17, 15) is 5.11 Å². The Labute approximate surface area is 123 Å². The highest BCUT2D eigenvalue weighted by Crippen LogP contribution is 2.32. The van der Waals surface area contributed by atoms with Gasteiger partial charge in [0.1, 0.15) is 11.5 Å². The molecule has 1 unspecified atom stereocenters. The molecule has 0 aromatic heterocycles. The normalized spacial score (nSPS) is 11.9. The second-order valence-electron chi connectivity index (χ2n) is 4.25. The van der Waals surface area contributed by atoms with Crippen molar-refractivity contribution in [1.29, 1.82) is 0 Å². The van der Waals surface area contributed by atoms with Crippen molar-refractivity contribution in [2.75, 3.05) is 20.0 Å². The summed E-state index contributed by atoms with van der Waals surface area (Å²) >= 11 is 1.57. The van der Waals surface area contributed by atoms with Crippen molar-refractivity contribution in [3.8, 4) is 11.5 Å². The number of ether oxygens (including phenoxy) is 2. The Hall–Kier alpha value is -1.65. The number of methoxy groups -OCH3 is 2. The van der Waals surface area contributed by atoms with Crippen LogP contribution in [0.1, 0.15) is 11.7 Å². The van der Waals surface area contributed by atoms with Gasteiger partial charge in [0.15, 0.2) is 0 Å². The van der Waals surface area contributed by atoms with Gasteiger partial charge < -0.3 is 14.6 Å². The fourth-order valence-electron chi connectivity index (χ4n) is 1.85. The summed E-state index contributed by atoms with van der Waals surface area (Å²) in [5, 5.41) is 10.2. The first-order chi connectivity index (χ1) is 9.74. The first-order valence-corrected chi connectivity index (χ1v) is 7.31. The van der Waals surface area contributed by atoms with E-state index in [2.05, 4.69) is 0 Å². The van der Waals surface area contributed by atoms with Gasteiger partial charge in [-0.15, -0.1) is 11.8 Å². The molecule has 2 aromatic carbocycles. The minimum atomic E-state index is -0.542. The van der Waals surface area contributed by atoms with Crippen molar-refractivity contribution in [3.63, 3.8) is 0 Å². The molecule has 0 fully saturated rings. The van der Waals surface area contributed by atoms with E-state index in [1.165, 1.54) is 0 Å². The first-order valence-electron chi connectivity index (χ1n) is 6.32. The smallest absolute Gasteiger partial charge is 0.132 e. The van der Waals surface area contributed by atoms with Gasteiger partial charge in [-0.2, -0.15) is 0 Å². The highest BCUT2D eigenvalue weighted by atomic mass is 32.2. The van der Waals surface area contributed by atoms with Crippen LogP contribution in [0.3, 0.4) is 0 Å². The molecule has 0 saturated carbocycles. The van der Waals surface area contributed by atoms with Gasteiger partial charge in [-0.05, 0) is 29.8 Å². The summed E-state index contributed by atoms with van der Waals surface area (Å²) in [7, 11) is 3.27. The van der Waals surface area contributed by atoms with Crippen LogP contribution in [-0.4, -0.2) is 25.1 Å². The Balaban J connectivity index is 2.02. The standard InChI is InChI=1S/C16H18O3S/c1-18-13-7-5-6-12(10-13)14(17)11-20-16-9-4-3-8-15(16)19-2/h3-10,14,17H,11H2,1-2H3. The van der Waals surface area contributed by atoms with E-state index in [4.69, 9.17) is 9.47 Å². The molecule has 1 N–H and O–H groups in total. The van der Waals surface area contributed by atoms with Crippen LogP contribution in [0.25, 0.3) is 0 Å². The third-order valence-electron chi connectivity index (χ3n) is 2.94.